The zero-order valence-corrected chi connectivity index (χ0v) is 24.3. The van der Waals surface area contributed by atoms with Crippen LogP contribution in [0.3, 0.4) is 0 Å². The molecule has 1 amide bonds. The maximum Gasteiger partial charge on any atom is 0.251 e. The third-order valence-electron chi connectivity index (χ3n) is 6.96. The van der Waals surface area contributed by atoms with E-state index in [1.54, 1.807) is 35.2 Å². The Morgan fingerprint density at radius 2 is 1.98 bits per heavy atom. The summed E-state index contributed by atoms with van der Waals surface area (Å²) in [5, 5.41) is 24.9. The van der Waals surface area contributed by atoms with E-state index in [9.17, 15) is 18.3 Å². The Morgan fingerprint density at radius 3 is 2.71 bits per heavy atom. The minimum atomic E-state index is -3.45. The summed E-state index contributed by atoms with van der Waals surface area (Å²) in [5.74, 6) is -0.293. The highest BCUT2D eigenvalue weighted by molar-refractivity contribution is 7.92. The predicted octanol–water partition coefficient (Wildman–Crippen LogP) is 2.92. The van der Waals surface area contributed by atoms with Gasteiger partial charge in [-0.2, -0.15) is 5.10 Å². The fraction of sp³-hybridized carbons (Fsp3) is 0.400. The number of sulfonamides is 1. The lowest BCUT2D eigenvalue weighted by Crippen LogP contribution is -2.48. The van der Waals surface area contributed by atoms with Crippen LogP contribution in [0.25, 0.3) is 0 Å². The normalized spacial score (nSPS) is 16.1. The van der Waals surface area contributed by atoms with Gasteiger partial charge in [0, 0.05) is 49.2 Å². The number of allylic oxidation sites excluding steroid dienone is 1. The molecule has 220 valence electrons. The molecule has 41 heavy (non-hydrogen) atoms. The highest BCUT2D eigenvalue weighted by atomic mass is 32.2. The quantitative estimate of drug-likeness (QED) is 0.216. The van der Waals surface area contributed by atoms with Gasteiger partial charge in [0.05, 0.1) is 36.3 Å². The Morgan fingerprint density at radius 1 is 1.17 bits per heavy atom. The summed E-state index contributed by atoms with van der Waals surface area (Å²) in [5.41, 5.74) is 3.40. The van der Waals surface area contributed by atoms with Crippen LogP contribution in [0.2, 0.25) is 0 Å². The number of amides is 1. The Hall–Kier alpha value is -3.67. The van der Waals surface area contributed by atoms with Crippen molar-refractivity contribution in [3.63, 3.8) is 0 Å². The minimum absolute atomic E-state index is 0.0906. The summed E-state index contributed by atoms with van der Waals surface area (Å²) in [6, 6.07) is 14.2. The first-order valence-corrected chi connectivity index (χ1v) is 15.6. The molecule has 2 aromatic carbocycles. The Balaban J connectivity index is 1.51. The molecular formula is C30H40N6O4S. The monoisotopic (exact) mass is 580 g/mol. The molecule has 1 aliphatic rings. The molecule has 1 aliphatic heterocycles. The summed E-state index contributed by atoms with van der Waals surface area (Å²) in [7, 11) is -3.45. The van der Waals surface area contributed by atoms with Gasteiger partial charge >= 0.3 is 0 Å². The largest absolute Gasteiger partial charge is 0.390 e. The standard InChI is InChI=1S/C30H40N6O4S/c1-3-12-35-22-24(20-33-35)19-31-21-29(37)28(15-23-10-6-5-7-11-23)34-30(38)25-16-26(32-4-2)18-27(17-25)36-13-8-9-14-41(36,39)40/h3,5-7,10-11,16-18,20,22,28-29,31-32,37H,1,4,8-9,12-15,19,21H2,2H3,(H,34,38)/t28-,29+/m0/s1. The average molecular weight is 581 g/mol. The number of carbonyl (C=O) groups is 1. The lowest BCUT2D eigenvalue weighted by molar-refractivity contribution is 0.0830. The van der Waals surface area contributed by atoms with Gasteiger partial charge in [-0.25, -0.2) is 8.42 Å². The third kappa shape index (κ3) is 8.42. The van der Waals surface area contributed by atoms with Crippen molar-refractivity contribution in [1.82, 2.24) is 20.4 Å². The number of nitrogens with one attached hydrogen (secondary N) is 3. The number of aliphatic hydroxyl groups excluding tert-OH is 1. The number of aromatic nitrogens is 2. The van der Waals surface area contributed by atoms with Gasteiger partial charge in [0.1, 0.15) is 0 Å². The molecule has 0 aliphatic carbocycles. The van der Waals surface area contributed by atoms with Crippen LogP contribution in [0.4, 0.5) is 11.4 Å². The highest BCUT2D eigenvalue weighted by Gasteiger charge is 2.28. The number of rotatable bonds is 14. The molecule has 4 N–H and O–H groups in total. The van der Waals surface area contributed by atoms with Gasteiger partial charge in [-0.1, -0.05) is 36.4 Å². The first-order chi connectivity index (χ1) is 19.8. The molecule has 0 spiro atoms. The molecule has 4 rings (SSSR count). The first-order valence-electron chi connectivity index (χ1n) is 14.0. The van der Waals surface area contributed by atoms with E-state index in [0.717, 1.165) is 17.5 Å². The smallest absolute Gasteiger partial charge is 0.251 e. The van der Waals surface area contributed by atoms with Crippen molar-refractivity contribution in [2.45, 2.75) is 51.4 Å². The van der Waals surface area contributed by atoms with Gasteiger partial charge in [0.15, 0.2) is 0 Å². The number of hydrogen-bond donors (Lipinski definition) is 4. The Kier molecular flexibility index (Phi) is 10.6. The number of carbonyl (C=O) groups excluding carboxylic acids is 1. The molecule has 2 atom stereocenters. The van der Waals surface area contributed by atoms with Gasteiger partial charge in [0.2, 0.25) is 10.0 Å². The molecule has 3 aromatic rings. The van der Waals surface area contributed by atoms with Crippen LogP contribution in [-0.2, 0) is 29.5 Å². The first kappa shape index (κ1) is 30.3. The van der Waals surface area contributed by atoms with Crippen molar-refractivity contribution in [3.8, 4) is 0 Å². The van der Waals surface area contributed by atoms with Crippen molar-refractivity contribution in [3.05, 3.63) is 90.3 Å². The molecule has 10 nitrogen and oxygen atoms in total. The summed E-state index contributed by atoms with van der Waals surface area (Å²) in [4.78, 5) is 13.6. The number of hydrogen-bond acceptors (Lipinski definition) is 7. The predicted molar refractivity (Wildman–Crippen MR) is 163 cm³/mol. The van der Waals surface area contributed by atoms with E-state index in [0.29, 0.717) is 56.0 Å². The minimum Gasteiger partial charge on any atom is -0.390 e. The number of nitrogens with zero attached hydrogens (tertiary/aromatic N) is 3. The van der Waals surface area contributed by atoms with E-state index in [4.69, 9.17) is 0 Å². The summed E-state index contributed by atoms with van der Waals surface area (Å²) in [6.07, 6.45) is 6.38. The van der Waals surface area contributed by atoms with Crippen LogP contribution in [0.15, 0.2) is 73.6 Å². The van der Waals surface area contributed by atoms with E-state index < -0.39 is 22.2 Å². The molecule has 1 saturated heterocycles. The lowest BCUT2D eigenvalue weighted by atomic mass is 10.00. The van der Waals surface area contributed by atoms with Crippen molar-refractivity contribution < 1.29 is 18.3 Å². The molecule has 0 saturated carbocycles. The van der Waals surface area contributed by atoms with Crippen molar-refractivity contribution in [2.24, 2.45) is 0 Å². The number of benzene rings is 2. The van der Waals surface area contributed by atoms with E-state index in [-0.39, 0.29) is 18.2 Å². The van der Waals surface area contributed by atoms with E-state index in [1.807, 2.05) is 43.5 Å². The topological polar surface area (TPSA) is 129 Å². The second-order valence-corrected chi connectivity index (χ2v) is 12.2. The summed E-state index contributed by atoms with van der Waals surface area (Å²) >= 11 is 0. The van der Waals surface area contributed by atoms with Crippen LogP contribution in [0.1, 0.15) is 41.3 Å². The molecule has 1 fully saturated rings. The van der Waals surface area contributed by atoms with Crippen molar-refractivity contribution in [2.75, 3.05) is 35.0 Å². The second kappa shape index (κ2) is 14.3. The van der Waals surface area contributed by atoms with E-state index in [1.165, 1.54) is 4.31 Å². The van der Waals surface area contributed by atoms with Crippen LogP contribution < -0.4 is 20.3 Å². The number of aliphatic hydroxyl groups is 1. The van der Waals surface area contributed by atoms with Gasteiger partial charge in [-0.15, -0.1) is 6.58 Å². The number of anilines is 2. The average Bonchev–Trinajstić information content (AvgIpc) is 3.40. The van der Waals surface area contributed by atoms with Gasteiger partial charge in [-0.05, 0) is 49.9 Å². The summed E-state index contributed by atoms with van der Waals surface area (Å²) in [6.45, 7) is 8.04. The second-order valence-electron chi connectivity index (χ2n) is 10.2. The zero-order valence-electron chi connectivity index (χ0n) is 23.5. The van der Waals surface area contributed by atoms with Crippen molar-refractivity contribution >= 4 is 27.3 Å². The molecule has 2 heterocycles. The SMILES string of the molecule is C=CCn1cc(CNC[C@@H](O)[C@H](Cc2ccccc2)NC(=O)c2cc(NCC)cc(N3CCCCS3(=O)=O)c2)cn1. The maximum atomic E-state index is 13.6. The fourth-order valence-electron chi connectivity index (χ4n) is 4.91. The Bertz CT molecular complexity index is 1410. The van der Waals surface area contributed by atoms with Gasteiger partial charge < -0.3 is 21.1 Å². The van der Waals surface area contributed by atoms with E-state index in [2.05, 4.69) is 27.6 Å². The van der Waals surface area contributed by atoms with Crippen LogP contribution >= 0.6 is 0 Å². The van der Waals surface area contributed by atoms with E-state index >= 15 is 0 Å². The third-order valence-corrected chi connectivity index (χ3v) is 8.83. The van der Waals surface area contributed by atoms with Crippen LogP contribution in [0, 0.1) is 0 Å². The zero-order chi connectivity index (χ0) is 29.2. The molecule has 0 bridgehead atoms. The highest BCUT2D eigenvalue weighted by Crippen LogP contribution is 2.28. The van der Waals surface area contributed by atoms with Gasteiger partial charge in [-0.3, -0.25) is 13.8 Å². The Labute approximate surface area is 242 Å². The van der Waals surface area contributed by atoms with Gasteiger partial charge in [0.25, 0.3) is 5.91 Å². The van der Waals surface area contributed by atoms with Crippen molar-refractivity contribution in [1.29, 1.82) is 0 Å². The molecule has 0 unspecified atom stereocenters. The lowest BCUT2D eigenvalue weighted by Gasteiger charge is -2.29. The van der Waals surface area contributed by atoms with Crippen LogP contribution in [0.5, 0.6) is 0 Å². The summed E-state index contributed by atoms with van der Waals surface area (Å²) < 4.78 is 28.8. The molecule has 0 radical (unpaired) electrons. The molecule has 1 aromatic heterocycles. The molecular weight excluding hydrogens is 540 g/mol. The molecule has 11 heteroatoms. The van der Waals surface area contributed by atoms with Crippen LogP contribution in [-0.4, -0.2) is 66.7 Å². The maximum absolute atomic E-state index is 13.6. The fourth-order valence-corrected chi connectivity index (χ4v) is 6.53.